The van der Waals surface area contributed by atoms with Crippen molar-refractivity contribution in [3.05, 3.63) is 57.6 Å². The molecule has 0 aliphatic carbocycles. The molecular weight excluding hydrogens is 318 g/mol. The largest absolute Gasteiger partial charge is 0.502 e. The van der Waals surface area contributed by atoms with Crippen LogP contribution in [0.15, 0.2) is 41.4 Å². The molecule has 2 aromatic rings. The Labute approximate surface area is 146 Å². The SMILES string of the molecule is Cc1cc(C=Nc2ccccc2N2CCCCC2)c(O)c([N+](=O)[O-])c1. The molecule has 6 nitrogen and oxygen atoms in total. The van der Waals surface area contributed by atoms with E-state index in [1.807, 2.05) is 24.3 Å². The van der Waals surface area contributed by atoms with Gasteiger partial charge < -0.3 is 10.0 Å². The highest BCUT2D eigenvalue weighted by Gasteiger charge is 2.17. The van der Waals surface area contributed by atoms with E-state index in [0.717, 1.165) is 24.5 Å². The van der Waals surface area contributed by atoms with Crippen molar-refractivity contribution in [1.82, 2.24) is 0 Å². The van der Waals surface area contributed by atoms with Gasteiger partial charge in [-0.25, -0.2) is 0 Å². The minimum atomic E-state index is -0.582. The van der Waals surface area contributed by atoms with Crippen LogP contribution in [0, 0.1) is 17.0 Å². The number of nitro benzene ring substituents is 1. The second-order valence-electron chi connectivity index (χ2n) is 6.27. The molecular formula is C19H21N3O3. The predicted molar refractivity (Wildman–Crippen MR) is 99.3 cm³/mol. The molecule has 0 spiro atoms. The molecule has 0 saturated carbocycles. The quantitative estimate of drug-likeness (QED) is 0.510. The molecule has 1 fully saturated rings. The molecule has 1 aliphatic rings. The molecule has 6 heteroatoms. The summed E-state index contributed by atoms with van der Waals surface area (Å²) in [6.07, 6.45) is 5.09. The summed E-state index contributed by atoms with van der Waals surface area (Å²) in [4.78, 5) is 17.3. The second-order valence-corrected chi connectivity index (χ2v) is 6.27. The first kappa shape index (κ1) is 17.0. The zero-order chi connectivity index (χ0) is 17.8. The normalized spacial score (nSPS) is 14.8. The number of aliphatic imine (C=N–C) groups is 1. The molecule has 1 N–H and O–H groups in total. The highest BCUT2D eigenvalue weighted by molar-refractivity contribution is 5.89. The Bertz CT molecular complexity index is 812. The summed E-state index contributed by atoms with van der Waals surface area (Å²) in [5.74, 6) is -0.352. The average molecular weight is 339 g/mol. The van der Waals surface area contributed by atoms with Gasteiger partial charge in [0.15, 0.2) is 0 Å². The topological polar surface area (TPSA) is 79.0 Å². The van der Waals surface area contributed by atoms with E-state index < -0.39 is 4.92 Å². The standard InChI is InChI=1S/C19H21N3O3/c1-14-11-15(19(23)18(12-14)22(24)25)13-20-16-7-3-4-8-17(16)21-9-5-2-6-10-21/h3-4,7-8,11-13,23H,2,5-6,9-10H2,1H3. The van der Waals surface area contributed by atoms with Crippen LogP contribution in [0.5, 0.6) is 5.75 Å². The average Bonchev–Trinajstić information content (AvgIpc) is 2.63. The van der Waals surface area contributed by atoms with Gasteiger partial charge >= 0.3 is 5.69 Å². The van der Waals surface area contributed by atoms with E-state index in [1.54, 1.807) is 13.0 Å². The smallest absolute Gasteiger partial charge is 0.311 e. The minimum absolute atomic E-state index is 0.300. The van der Waals surface area contributed by atoms with Crippen molar-refractivity contribution in [1.29, 1.82) is 0 Å². The van der Waals surface area contributed by atoms with E-state index in [1.165, 1.54) is 31.5 Å². The molecule has 1 saturated heterocycles. The number of piperidine rings is 1. The van der Waals surface area contributed by atoms with E-state index in [0.29, 0.717) is 11.1 Å². The Hall–Kier alpha value is -2.89. The fraction of sp³-hybridized carbons (Fsp3) is 0.316. The number of nitrogens with zero attached hydrogens (tertiary/aromatic N) is 3. The van der Waals surface area contributed by atoms with Crippen molar-refractivity contribution in [2.24, 2.45) is 4.99 Å². The van der Waals surface area contributed by atoms with Crippen molar-refractivity contribution in [3.8, 4) is 5.75 Å². The zero-order valence-corrected chi connectivity index (χ0v) is 14.2. The maximum Gasteiger partial charge on any atom is 0.311 e. The third kappa shape index (κ3) is 3.79. The van der Waals surface area contributed by atoms with Crippen LogP contribution >= 0.6 is 0 Å². The van der Waals surface area contributed by atoms with Crippen molar-refractivity contribution in [3.63, 3.8) is 0 Å². The van der Waals surface area contributed by atoms with Crippen LogP contribution in [-0.4, -0.2) is 29.3 Å². The number of hydrogen-bond donors (Lipinski definition) is 1. The number of aromatic hydroxyl groups is 1. The highest BCUT2D eigenvalue weighted by atomic mass is 16.6. The Morgan fingerprint density at radius 1 is 1.20 bits per heavy atom. The number of phenolic OH excluding ortho intramolecular Hbond substituents is 1. The van der Waals surface area contributed by atoms with Gasteiger partial charge in [0, 0.05) is 30.9 Å². The van der Waals surface area contributed by atoms with Crippen molar-refractivity contribution >= 4 is 23.3 Å². The summed E-state index contributed by atoms with van der Waals surface area (Å²) in [6, 6.07) is 10.9. The fourth-order valence-corrected chi connectivity index (χ4v) is 3.14. The number of phenols is 1. The molecule has 3 rings (SSSR count). The van der Waals surface area contributed by atoms with E-state index in [9.17, 15) is 15.2 Å². The summed E-state index contributed by atoms with van der Waals surface area (Å²) < 4.78 is 0. The van der Waals surface area contributed by atoms with Gasteiger partial charge in [-0.15, -0.1) is 0 Å². The van der Waals surface area contributed by atoms with Crippen molar-refractivity contribution in [2.45, 2.75) is 26.2 Å². The monoisotopic (exact) mass is 339 g/mol. The molecule has 0 radical (unpaired) electrons. The Morgan fingerprint density at radius 2 is 1.92 bits per heavy atom. The van der Waals surface area contributed by atoms with Gasteiger partial charge in [0.1, 0.15) is 0 Å². The first-order valence-electron chi connectivity index (χ1n) is 8.42. The highest BCUT2D eigenvalue weighted by Crippen LogP contribution is 2.33. The summed E-state index contributed by atoms with van der Waals surface area (Å²) in [5.41, 5.74) is 2.61. The van der Waals surface area contributed by atoms with E-state index in [-0.39, 0.29) is 11.4 Å². The maximum absolute atomic E-state index is 11.1. The Kier molecular flexibility index (Phi) is 4.97. The summed E-state index contributed by atoms with van der Waals surface area (Å²) in [7, 11) is 0. The van der Waals surface area contributed by atoms with Crippen LogP contribution < -0.4 is 4.90 Å². The first-order chi connectivity index (χ1) is 12.1. The predicted octanol–water partition coefficient (Wildman–Crippen LogP) is 4.35. The van der Waals surface area contributed by atoms with Gasteiger partial charge in [0.05, 0.1) is 16.3 Å². The van der Waals surface area contributed by atoms with Gasteiger partial charge in [-0.05, 0) is 49.9 Å². The van der Waals surface area contributed by atoms with Crippen LogP contribution in [-0.2, 0) is 0 Å². The van der Waals surface area contributed by atoms with Gasteiger partial charge in [-0.1, -0.05) is 12.1 Å². The van der Waals surface area contributed by atoms with E-state index in [4.69, 9.17) is 0 Å². The van der Waals surface area contributed by atoms with Gasteiger partial charge in [0.25, 0.3) is 0 Å². The molecule has 0 atom stereocenters. The second kappa shape index (κ2) is 7.34. The third-order valence-corrected chi connectivity index (χ3v) is 4.38. The molecule has 1 heterocycles. The van der Waals surface area contributed by atoms with E-state index >= 15 is 0 Å². The van der Waals surface area contributed by atoms with Crippen LogP contribution in [0.25, 0.3) is 0 Å². The number of hydrogen-bond acceptors (Lipinski definition) is 5. The lowest BCUT2D eigenvalue weighted by atomic mass is 10.1. The number of rotatable bonds is 4. The van der Waals surface area contributed by atoms with E-state index in [2.05, 4.69) is 9.89 Å². The van der Waals surface area contributed by atoms with Crippen molar-refractivity contribution < 1.29 is 10.0 Å². The summed E-state index contributed by atoms with van der Waals surface area (Å²) >= 11 is 0. The van der Waals surface area contributed by atoms with Crippen LogP contribution in [0.4, 0.5) is 17.1 Å². The van der Waals surface area contributed by atoms with Crippen LogP contribution in [0.2, 0.25) is 0 Å². The van der Waals surface area contributed by atoms with Crippen LogP contribution in [0.3, 0.4) is 0 Å². The van der Waals surface area contributed by atoms with Gasteiger partial charge in [-0.3, -0.25) is 15.1 Å². The summed E-state index contributed by atoms with van der Waals surface area (Å²) in [5, 5.41) is 21.2. The van der Waals surface area contributed by atoms with Gasteiger partial charge in [-0.2, -0.15) is 0 Å². The number of aryl methyl sites for hydroxylation is 1. The molecule has 0 amide bonds. The number of anilines is 1. The lowest BCUT2D eigenvalue weighted by Gasteiger charge is -2.29. The van der Waals surface area contributed by atoms with Crippen molar-refractivity contribution in [2.75, 3.05) is 18.0 Å². The Balaban J connectivity index is 1.94. The molecule has 25 heavy (non-hydrogen) atoms. The Morgan fingerprint density at radius 3 is 2.64 bits per heavy atom. The van der Waals surface area contributed by atoms with Crippen LogP contribution in [0.1, 0.15) is 30.4 Å². The summed E-state index contributed by atoms with van der Waals surface area (Å²) in [6.45, 7) is 3.77. The molecule has 1 aliphatic heterocycles. The molecule has 0 unspecified atom stereocenters. The minimum Gasteiger partial charge on any atom is -0.502 e. The molecule has 0 bridgehead atoms. The number of nitro groups is 1. The van der Waals surface area contributed by atoms with Gasteiger partial charge in [0.2, 0.25) is 5.75 Å². The molecule has 130 valence electrons. The number of benzene rings is 2. The fourth-order valence-electron chi connectivity index (χ4n) is 3.14. The zero-order valence-electron chi connectivity index (χ0n) is 14.2. The molecule has 0 aromatic heterocycles. The lowest BCUT2D eigenvalue weighted by molar-refractivity contribution is -0.385. The maximum atomic E-state index is 11.1. The third-order valence-electron chi connectivity index (χ3n) is 4.38. The lowest BCUT2D eigenvalue weighted by Crippen LogP contribution is -2.29. The first-order valence-corrected chi connectivity index (χ1v) is 8.42. The number of para-hydroxylation sites is 2. The molecule has 2 aromatic carbocycles.